The van der Waals surface area contributed by atoms with Crippen LogP contribution in [0.2, 0.25) is 0 Å². The Balaban J connectivity index is 1.39. The molecule has 2 aliphatic heterocycles. The van der Waals surface area contributed by atoms with Crippen molar-refractivity contribution in [1.29, 1.82) is 0 Å². The van der Waals surface area contributed by atoms with E-state index < -0.39 is 0 Å². The zero-order chi connectivity index (χ0) is 21.0. The Hall–Kier alpha value is -2.66. The van der Waals surface area contributed by atoms with Gasteiger partial charge < -0.3 is 9.30 Å². The van der Waals surface area contributed by atoms with E-state index in [1.165, 1.54) is 24.8 Å². The molecule has 2 aromatic heterocycles. The van der Waals surface area contributed by atoms with Gasteiger partial charge in [0.05, 0.1) is 5.69 Å². The molecule has 1 atom stereocenters. The van der Waals surface area contributed by atoms with E-state index in [-0.39, 0.29) is 5.91 Å². The molecule has 4 heterocycles. The van der Waals surface area contributed by atoms with Gasteiger partial charge in [0.25, 0.3) is 5.91 Å². The van der Waals surface area contributed by atoms with Crippen LogP contribution in [0.3, 0.4) is 0 Å². The molecule has 0 bridgehead atoms. The Kier molecular flexibility index (Phi) is 6.03. The maximum Gasteiger partial charge on any atom is 0.274 e. The predicted molar refractivity (Wildman–Crippen MR) is 123 cm³/mol. The molecule has 3 aromatic rings. The SMILES string of the molecule is O=C(c1nc2ccccn2c1CN1CCCC[C@H]1CCc1ccccc1)N1CCCC1. The van der Waals surface area contributed by atoms with Gasteiger partial charge in [0, 0.05) is 31.9 Å². The first-order valence-corrected chi connectivity index (χ1v) is 11.8. The third kappa shape index (κ3) is 4.38. The summed E-state index contributed by atoms with van der Waals surface area (Å²) in [6.07, 6.45) is 10.3. The van der Waals surface area contributed by atoms with Gasteiger partial charge in [-0.1, -0.05) is 42.8 Å². The fourth-order valence-electron chi connectivity index (χ4n) is 5.20. The minimum atomic E-state index is 0.106. The van der Waals surface area contributed by atoms with E-state index in [1.807, 2.05) is 23.1 Å². The van der Waals surface area contributed by atoms with Crippen molar-refractivity contribution in [3.63, 3.8) is 0 Å². The Labute approximate surface area is 184 Å². The number of benzene rings is 1. The van der Waals surface area contributed by atoms with Crippen LogP contribution in [0.5, 0.6) is 0 Å². The standard InChI is InChI=1S/C26H32N4O/c31-26(28-16-8-9-17-28)25-23(30-19-7-5-13-24(30)27-25)20-29-18-6-4-12-22(29)15-14-21-10-2-1-3-11-21/h1-3,5,7,10-11,13,19,22H,4,6,8-9,12,14-18,20H2/t22-/m0/s1. The average Bonchev–Trinajstić information content (AvgIpc) is 3.48. The second kappa shape index (κ2) is 9.23. The molecule has 2 fully saturated rings. The van der Waals surface area contributed by atoms with Crippen molar-refractivity contribution in [3.8, 4) is 0 Å². The summed E-state index contributed by atoms with van der Waals surface area (Å²) >= 11 is 0. The first-order chi connectivity index (χ1) is 15.3. The number of imidazole rings is 1. The summed E-state index contributed by atoms with van der Waals surface area (Å²) in [5.74, 6) is 0.106. The molecule has 31 heavy (non-hydrogen) atoms. The lowest BCUT2D eigenvalue weighted by Crippen LogP contribution is -2.40. The summed E-state index contributed by atoms with van der Waals surface area (Å²) in [5, 5.41) is 0. The number of carbonyl (C=O) groups is 1. The van der Waals surface area contributed by atoms with Crippen LogP contribution >= 0.6 is 0 Å². The van der Waals surface area contributed by atoms with E-state index in [1.54, 1.807) is 0 Å². The largest absolute Gasteiger partial charge is 0.337 e. The van der Waals surface area contributed by atoms with Crippen LogP contribution in [0.1, 0.15) is 60.3 Å². The van der Waals surface area contributed by atoms with E-state index in [0.29, 0.717) is 11.7 Å². The minimum Gasteiger partial charge on any atom is -0.337 e. The third-order valence-corrected chi connectivity index (χ3v) is 6.94. The van der Waals surface area contributed by atoms with Gasteiger partial charge in [-0.05, 0) is 62.8 Å². The zero-order valence-corrected chi connectivity index (χ0v) is 18.2. The Morgan fingerprint density at radius 1 is 0.935 bits per heavy atom. The minimum absolute atomic E-state index is 0.106. The zero-order valence-electron chi connectivity index (χ0n) is 18.2. The molecule has 5 rings (SSSR count). The van der Waals surface area contributed by atoms with Gasteiger partial charge in [0.15, 0.2) is 5.69 Å². The maximum atomic E-state index is 13.3. The van der Waals surface area contributed by atoms with Gasteiger partial charge >= 0.3 is 0 Å². The molecule has 0 aliphatic carbocycles. The van der Waals surface area contributed by atoms with Crippen LogP contribution in [-0.2, 0) is 13.0 Å². The van der Waals surface area contributed by atoms with Gasteiger partial charge in [0.1, 0.15) is 5.65 Å². The van der Waals surface area contributed by atoms with Gasteiger partial charge in [-0.3, -0.25) is 9.69 Å². The van der Waals surface area contributed by atoms with Crippen LogP contribution in [0.25, 0.3) is 5.65 Å². The molecule has 0 N–H and O–H groups in total. The smallest absolute Gasteiger partial charge is 0.274 e. The normalized spacial score (nSPS) is 19.9. The van der Waals surface area contributed by atoms with E-state index >= 15 is 0 Å². The van der Waals surface area contributed by atoms with Gasteiger partial charge in [-0.25, -0.2) is 4.98 Å². The lowest BCUT2D eigenvalue weighted by atomic mass is 9.95. The quantitative estimate of drug-likeness (QED) is 0.592. The highest BCUT2D eigenvalue weighted by atomic mass is 16.2. The van der Waals surface area contributed by atoms with E-state index in [0.717, 1.165) is 63.2 Å². The average molecular weight is 417 g/mol. The Bertz CT molecular complexity index is 1020. The molecule has 2 aliphatic rings. The van der Waals surface area contributed by atoms with Crippen molar-refractivity contribution in [2.75, 3.05) is 19.6 Å². The lowest BCUT2D eigenvalue weighted by molar-refractivity contribution is 0.0781. The second-order valence-corrected chi connectivity index (χ2v) is 8.98. The van der Waals surface area contributed by atoms with Crippen molar-refractivity contribution in [2.45, 2.75) is 57.5 Å². The van der Waals surface area contributed by atoms with Gasteiger partial charge in [0.2, 0.25) is 0 Å². The maximum absolute atomic E-state index is 13.3. The second-order valence-electron chi connectivity index (χ2n) is 8.98. The number of aromatic nitrogens is 2. The van der Waals surface area contributed by atoms with Crippen molar-refractivity contribution < 1.29 is 4.79 Å². The first-order valence-electron chi connectivity index (χ1n) is 11.8. The molecule has 1 aromatic carbocycles. The predicted octanol–water partition coefficient (Wildman–Crippen LogP) is 4.56. The summed E-state index contributed by atoms with van der Waals surface area (Å²) < 4.78 is 2.13. The van der Waals surface area contributed by atoms with Crippen LogP contribution in [-0.4, -0.2) is 50.8 Å². The van der Waals surface area contributed by atoms with Gasteiger partial charge in [-0.15, -0.1) is 0 Å². The highest BCUT2D eigenvalue weighted by molar-refractivity contribution is 5.94. The van der Waals surface area contributed by atoms with Crippen molar-refractivity contribution >= 4 is 11.6 Å². The van der Waals surface area contributed by atoms with Crippen molar-refractivity contribution in [3.05, 3.63) is 71.7 Å². The topological polar surface area (TPSA) is 40.9 Å². The molecule has 0 saturated carbocycles. The molecule has 2 saturated heterocycles. The number of rotatable bonds is 6. The monoisotopic (exact) mass is 416 g/mol. The van der Waals surface area contributed by atoms with Gasteiger partial charge in [-0.2, -0.15) is 0 Å². The summed E-state index contributed by atoms with van der Waals surface area (Å²) in [4.78, 5) is 22.7. The van der Waals surface area contributed by atoms with Crippen molar-refractivity contribution in [1.82, 2.24) is 19.2 Å². The molecular formula is C26H32N4O. The number of piperidine rings is 1. The molecular weight excluding hydrogens is 384 g/mol. The molecule has 0 radical (unpaired) electrons. The fourth-order valence-corrected chi connectivity index (χ4v) is 5.20. The van der Waals surface area contributed by atoms with Crippen LogP contribution in [0.4, 0.5) is 0 Å². The van der Waals surface area contributed by atoms with Crippen LogP contribution < -0.4 is 0 Å². The molecule has 0 spiro atoms. The summed E-state index contributed by atoms with van der Waals surface area (Å²) in [5.41, 5.74) is 3.99. The number of aryl methyl sites for hydroxylation is 1. The summed E-state index contributed by atoms with van der Waals surface area (Å²) in [7, 11) is 0. The highest BCUT2D eigenvalue weighted by Gasteiger charge is 2.29. The van der Waals surface area contributed by atoms with E-state index in [4.69, 9.17) is 4.98 Å². The number of pyridine rings is 1. The number of carbonyl (C=O) groups excluding carboxylic acids is 1. The van der Waals surface area contributed by atoms with E-state index in [9.17, 15) is 4.79 Å². The Morgan fingerprint density at radius 3 is 2.55 bits per heavy atom. The summed E-state index contributed by atoms with van der Waals surface area (Å²) in [6, 6.07) is 17.4. The third-order valence-electron chi connectivity index (χ3n) is 6.94. The summed E-state index contributed by atoms with van der Waals surface area (Å²) in [6.45, 7) is 3.60. The number of fused-ring (bicyclic) bond motifs is 1. The van der Waals surface area contributed by atoms with Crippen LogP contribution in [0.15, 0.2) is 54.7 Å². The Morgan fingerprint density at radius 2 is 1.71 bits per heavy atom. The number of nitrogens with zero attached hydrogens (tertiary/aromatic N) is 4. The van der Waals surface area contributed by atoms with E-state index in [2.05, 4.69) is 45.8 Å². The number of hydrogen-bond acceptors (Lipinski definition) is 3. The number of likely N-dealkylation sites (tertiary alicyclic amines) is 2. The number of hydrogen-bond donors (Lipinski definition) is 0. The highest BCUT2D eigenvalue weighted by Crippen LogP contribution is 2.26. The lowest BCUT2D eigenvalue weighted by Gasteiger charge is -2.36. The van der Waals surface area contributed by atoms with Crippen molar-refractivity contribution in [2.24, 2.45) is 0 Å². The fraction of sp³-hybridized carbons (Fsp3) is 0.462. The molecule has 0 unspecified atom stereocenters. The molecule has 5 nitrogen and oxygen atoms in total. The first kappa shape index (κ1) is 20.3. The van der Waals surface area contributed by atoms with Crippen LogP contribution in [0, 0.1) is 0 Å². The molecule has 5 heteroatoms. The molecule has 162 valence electrons. The molecule has 1 amide bonds. The number of amides is 1.